The first-order valence-electron chi connectivity index (χ1n) is 6.26. The summed E-state index contributed by atoms with van der Waals surface area (Å²) >= 11 is 0. The molecule has 0 bridgehead atoms. The average molecular weight is 255 g/mol. The second-order valence-electron chi connectivity index (χ2n) is 4.59. The van der Waals surface area contributed by atoms with Crippen molar-refractivity contribution in [3.05, 3.63) is 35.6 Å². The Kier molecular flexibility index (Phi) is 6.86. The van der Waals surface area contributed by atoms with Crippen LogP contribution < -0.4 is 5.32 Å². The number of ether oxygens (including phenoxy) is 1. The molecular formula is C14H22FNO2. The summed E-state index contributed by atoms with van der Waals surface area (Å²) in [6.45, 7) is 2.90. The van der Waals surface area contributed by atoms with Crippen LogP contribution in [0.4, 0.5) is 4.39 Å². The molecule has 1 aromatic rings. The smallest absolute Gasteiger partial charge is 0.123 e. The topological polar surface area (TPSA) is 41.5 Å². The SMILES string of the molecule is COCC(O)CNC(C)CCc1cccc(F)c1. The van der Waals surface area contributed by atoms with Gasteiger partial charge in [-0.15, -0.1) is 0 Å². The monoisotopic (exact) mass is 255 g/mol. The maximum Gasteiger partial charge on any atom is 0.123 e. The molecule has 0 amide bonds. The van der Waals surface area contributed by atoms with Crippen LogP contribution in [0.3, 0.4) is 0 Å². The van der Waals surface area contributed by atoms with Crippen molar-refractivity contribution in [2.75, 3.05) is 20.3 Å². The zero-order valence-corrected chi connectivity index (χ0v) is 11.0. The van der Waals surface area contributed by atoms with Gasteiger partial charge >= 0.3 is 0 Å². The molecule has 0 aliphatic carbocycles. The highest BCUT2D eigenvalue weighted by Gasteiger charge is 2.07. The van der Waals surface area contributed by atoms with Crippen molar-refractivity contribution in [1.82, 2.24) is 5.32 Å². The third kappa shape index (κ3) is 6.10. The second kappa shape index (κ2) is 8.19. The average Bonchev–Trinajstić information content (AvgIpc) is 2.34. The lowest BCUT2D eigenvalue weighted by Gasteiger charge is -2.16. The predicted octanol–water partition coefficient (Wildman–Crippen LogP) is 1.74. The molecule has 3 nitrogen and oxygen atoms in total. The number of halogens is 1. The van der Waals surface area contributed by atoms with E-state index in [1.54, 1.807) is 19.2 Å². The molecule has 0 aliphatic heterocycles. The molecule has 0 heterocycles. The van der Waals surface area contributed by atoms with Crippen molar-refractivity contribution in [2.45, 2.75) is 31.9 Å². The fraction of sp³-hybridized carbons (Fsp3) is 0.571. The lowest BCUT2D eigenvalue weighted by Crippen LogP contribution is -2.36. The fourth-order valence-electron chi connectivity index (χ4n) is 1.77. The molecule has 0 aliphatic rings. The Morgan fingerprint density at radius 3 is 2.89 bits per heavy atom. The van der Waals surface area contributed by atoms with Crippen molar-refractivity contribution in [2.24, 2.45) is 0 Å². The van der Waals surface area contributed by atoms with Crippen molar-refractivity contribution in [3.8, 4) is 0 Å². The van der Waals surface area contributed by atoms with Crippen molar-refractivity contribution in [3.63, 3.8) is 0 Å². The van der Waals surface area contributed by atoms with E-state index in [0.717, 1.165) is 18.4 Å². The van der Waals surface area contributed by atoms with Crippen molar-refractivity contribution >= 4 is 0 Å². The number of aliphatic hydroxyl groups excluding tert-OH is 1. The summed E-state index contributed by atoms with van der Waals surface area (Å²) in [6, 6.07) is 6.94. The Morgan fingerprint density at radius 1 is 1.44 bits per heavy atom. The second-order valence-corrected chi connectivity index (χ2v) is 4.59. The van der Waals surface area contributed by atoms with Gasteiger partial charge in [0, 0.05) is 19.7 Å². The Morgan fingerprint density at radius 2 is 2.22 bits per heavy atom. The lowest BCUT2D eigenvalue weighted by atomic mass is 10.1. The van der Waals surface area contributed by atoms with E-state index in [2.05, 4.69) is 12.2 Å². The van der Waals surface area contributed by atoms with Gasteiger partial charge in [-0.1, -0.05) is 12.1 Å². The van der Waals surface area contributed by atoms with Crippen molar-refractivity contribution < 1.29 is 14.2 Å². The molecule has 102 valence electrons. The van der Waals surface area contributed by atoms with Gasteiger partial charge in [-0.2, -0.15) is 0 Å². The number of benzene rings is 1. The van der Waals surface area contributed by atoms with Gasteiger partial charge in [-0.05, 0) is 37.5 Å². The van der Waals surface area contributed by atoms with Crippen LogP contribution in [0.25, 0.3) is 0 Å². The van der Waals surface area contributed by atoms with Gasteiger partial charge in [0.2, 0.25) is 0 Å². The Labute approximate surface area is 108 Å². The van der Waals surface area contributed by atoms with Crippen LogP contribution in [0.1, 0.15) is 18.9 Å². The number of aryl methyl sites for hydroxylation is 1. The van der Waals surface area contributed by atoms with Crippen molar-refractivity contribution in [1.29, 1.82) is 0 Å². The number of aliphatic hydroxyl groups is 1. The minimum atomic E-state index is -0.480. The number of hydrogen-bond donors (Lipinski definition) is 2. The normalized spacial score (nSPS) is 14.4. The number of methoxy groups -OCH3 is 1. The molecule has 0 saturated carbocycles. The number of hydrogen-bond acceptors (Lipinski definition) is 3. The van der Waals surface area contributed by atoms with Gasteiger partial charge < -0.3 is 15.2 Å². The first-order valence-corrected chi connectivity index (χ1v) is 6.26. The maximum atomic E-state index is 13.0. The Hall–Kier alpha value is -0.970. The molecule has 18 heavy (non-hydrogen) atoms. The van der Waals surface area contributed by atoms with Crippen LogP contribution in [0, 0.1) is 5.82 Å². The summed E-state index contributed by atoms with van der Waals surface area (Å²) in [5.74, 6) is -0.191. The Balaban J connectivity index is 2.22. The molecule has 0 fully saturated rings. The van der Waals surface area contributed by atoms with E-state index < -0.39 is 6.10 Å². The molecule has 4 heteroatoms. The molecule has 1 rings (SSSR count). The molecule has 0 spiro atoms. The minimum Gasteiger partial charge on any atom is -0.389 e. The summed E-state index contributed by atoms with van der Waals surface area (Å²) in [7, 11) is 1.57. The zero-order valence-electron chi connectivity index (χ0n) is 11.0. The fourth-order valence-corrected chi connectivity index (χ4v) is 1.77. The van der Waals surface area contributed by atoms with Crippen LogP contribution >= 0.6 is 0 Å². The van der Waals surface area contributed by atoms with E-state index in [0.29, 0.717) is 13.2 Å². The standard InChI is InChI=1S/C14H22FNO2/c1-11(16-9-14(17)10-18-2)6-7-12-4-3-5-13(15)8-12/h3-5,8,11,14,16-17H,6-7,9-10H2,1-2H3. The number of nitrogens with one attached hydrogen (secondary N) is 1. The highest BCUT2D eigenvalue weighted by molar-refractivity contribution is 5.16. The Bertz CT molecular complexity index is 346. The van der Waals surface area contributed by atoms with E-state index >= 15 is 0 Å². The zero-order chi connectivity index (χ0) is 13.4. The van der Waals surface area contributed by atoms with Gasteiger partial charge in [0.1, 0.15) is 5.82 Å². The maximum absolute atomic E-state index is 13.0. The van der Waals surface area contributed by atoms with Gasteiger partial charge in [0.05, 0.1) is 12.7 Å². The van der Waals surface area contributed by atoms with Gasteiger partial charge in [0.25, 0.3) is 0 Å². The van der Waals surface area contributed by atoms with Crippen LogP contribution in [-0.4, -0.2) is 37.5 Å². The van der Waals surface area contributed by atoms with Crippen LogP contribution in [0.15, 0.2) is 24.3 Å². The molecule has 2 unspecified atom stereocenters. The van der Waals surface area contributed by atoms with Crippen LogP contribution in [0.2, 0.25) is 0 Å². The summed E-state index contributed by atoms with van der Waals surface area (Å²) in [6.07, 6.45) is 1.25. The number of rotatable bonds is 8. The molecule has 1 aromatic carbocycles. The molecule has 0 saturated heterocycles. The summed E-state index contributed by atoms with van der Waals surface area (Å²) in [5.41, 5.74) is 1.00. The first-order chi connectivity index (χ1) is 8.61. The molecule has 0 radical (unpaired) electrons. The molecule has 0 aromatic heterocycles. The van der Waals surface area contributed by atoms with Gasteiger partial charge in [-0.25, -0.2) is 4.39 Å². The quantitative estimate of drug-likeness (QED) is 0.743. The summed E-state index contributed by atoms with van der Waals surface area (Å²) in [5, 5.41) is 12.7. The van der Waals surface area contributed by atoms with E-state index in [1.807, 2.05) is 6.07 Å². The molecule has 2 atom stereocenters. The third-order valence-electron chi connectivity index (χ3n) is 2.82. The first kappa shape index (κ1) is 15.1. The highest BCUT2D eigenvalue weighted by atomic mass is 19.1. The predicted molar refractivity (Wildman–Crippen MR) is 70.1 cm³/mol. The highest BCUT2D eigenvalue weighted by Crippen LogP contribution is 2.07. The van der Waals surface area contributed by atoms with Crippen LogP contribution in [-0.2, 0) is 11.2 Å². The summed E-state index contributed by atoms with van der Waals surface area (Å²) < 4.78 is 17.8. The van der Waals surface area contributed by atoms with E-state index in [9.17, 15) is 9.50 Å². The molecular weight excluding hydrogens is 233 g/mol. The summed E-state index contributed by atoms with van der Waals surface area (Å²) in [4.78, 5) is 0. The minimum absolute atomic E-state index is 0.191. The largest absolute Gasteiger partial charge is 0.389 e. The van der Waals surface area contributed by atoms with E-state index in [4.69, 9.17) is 4.74 Å². The van der Waals surface area contributed by atoms with Crippen LogP contribution in [0.5, 0.6) is 0 Å². The molecule has 2 N–H and O–H groups in total. The lowest BCUT2D eigenvalue weighted by molar-refractivity contribution is 0.0629. The van der Waals surface area contributed by atoms with E-state index in [1.165, 1.54) is 6.07 Å². The third-order valence-corrected chi connectivity index (χ3v) is 2.82. The van der Waals surface area contributed by atoms with E-state index in [-0.39, 0.29) is 11.9 Å². The van der Waals surface area contributed by atoms with Gasteiger partial charge in [-0.3, -0.25) is 0 Å². The van der Waals surface area contributed by atoms with Gasteiger partial charge in [0.15, 0.2) is 0 Å².